The summed E-state index contributed by atoms with van der Waals surface area (Å²) in [5.74, 6) is -0.932. The van der Waals surface area contributed by atoms with Crippen LogP contribution >= 0.6 is 0 Å². The third-order valence-electron chi connectivity index (χ3n) is 6.47. The van der Waals surface area contributed by atoms with Crippen molar-refractivity contribution in [2.75, 3.05) is 0 Å². The van der Waals surface area contributed by atoms with Crippen LogP contribution in [0.1, 0.15) is 85.5 Å². The van der Waals surface area contributed by atoms with Gasteiger partial charge in [0.05, 0.1) is 6.26 Å². The standard InChI is InChI=1S/C26H34O5/c1-5-6-7-8-9-10-11-12-13-17(2)24(28)22-23-20-16-30-18(3)14-19(20)15-21(27)26(23,4)31-25(22)29/h14-17H,5-13H2,1-4H3/t17-,26-/m0/s1. The molecule has 0 saturated carbocycles. The lowest BCUT2D eigenvalue weighted by atomic mass is 9.75. The predicted octanol–water partition coefficient (Wildman–Crippen LogP) is 5.66. The predicted molar refractivity (Wildman–Crippen MR) is 119 cm³/mol. The second kappa shape index (κ2) is 9.80. The van der Waals surface area contributed by atoms with Gasteiger partial charge in [0, 0.05) is 17.1 Å². The number of ether oxygens (including phenoxy) is 2. The summed E-state index contributed by atoms with van der Waals surface area (Å²) in [7, 11) is 0. The monoisotopic (exact) mass is 426 g/mol. The molecule has 0 unspecified atom stereocenters. The lowest BCUT2D eigenvalue weighted by Gasteiger charge is -2.31. The molecule has 2 atom stereocenters. The number of rotatable bonds is 11. The number of allylic oxidation sites excluding steroid dienone is 3. The lowest BCUT2D eigenvalue weighted by Crippen LogP contribution is -2.40. The van der Waals surface area contributed by atoms with Crippen molar-refractivity contribution in [3.63, 3.8) is 0 Å². The zero-order valence-corrected chi connectivity index (χ0v) is 19.2. The molecule has 0 N–H and O–H groups in total. The van der Waals surface area contributed by atoms with Crippen molar-refractivity contribution in [1.29, 1.82) is 0 Å². The van der Waals surface area contributed by atoms with Crippen LogP contribution in [0.3, 0.4) is 0 Å². The average molecular weight is 427 g/mol. The van der Waals surface area contributed by atoms with E-state index < -0.39 is 11.6 Å². The zero-order valence-electron chi connectivity index (χ0n) is 19.2. The minimum atomic E-state index is -1.46. The number of carbonyl (C=O) groups excluding carboxylic acids is 3. The van der Waals surface area contributed by atoms with Crippen LogP contribution < -0.4 is 0 Å². The summed E-state index contributed by atoms with van der Waals surface area (Å²) < 4.78 is 11.0. The molecule has 5 nitrogen and oxygen atoms in total. The van der Waals surface area contributed by atoms with E-state index in [2.05, 4.69) is 6.92 Å². The second-order valence-electron chi connectivity index (χ2n) is 9.07. The SMILES string of the molecule is CCCCCCCCCC[C@H](C)C(=O)C1=C2C3=COC(C)=CC3=CC(=O)[C@]2(C)OC1=O. The minimum Gasteiger partial charge on any atom is -0.469 e. The molecule has 2 heterocycles. The maximum atomic E-state index is 13.3. The number of carbonyl (C=O) groups is 3. The Hall–Kier alpha value is -2.43. The highest BCUT2D eigenvalue weighted by molar-refractivity contribution is 6.24. The van der Waals surface area contributed by atoms with E-state index in [1.165, 1.54) is 50.9 Å². The van der Waals surface area contributed by atoms with E-state index in [1.807, 2.05) is 6.92 Å². The Morgan fingerprint density at radius 3 is 2.35 bits per heavy atom. The van der Waals surface area contributed by atoms with Crippen molar-refractivity contribution in [1.82, 2.24) is 0 Å². The van der Waals surface area contributed by atoms with Gasteiger partial charge in [0.2, 0.25) is 5.78 Å². The Kier molecular flexibility index (Phi) is 7.34. The number of ketones is 2. The Balaban J connectivity index is 1.70. The van der Waals surface area contributed by atoms with Gasteiger partial charge in [0.1, 0.15) is 11.3 Å². The van der Waals surface area contributed by atoms with E-state index >= 15 is 0 Å². The number of unbranched alkanes of at least 4 members (excludes halogenated alkanes) is 7. The lowest BCUT2D eigenvalue weighted by molar-refractivity contribution is -0.153. The summed E-state index contributed by atoms with van der Waals surface area (Å²) in [6, 6.07) is 0. The van der Waals surface area contributed by atoms with Crippen LogP contribution in [0.25, 0.3) is 0 Å². The van der Waals surface area contributed by atoms with Gasteiger partial charge in [-0.2, -0.15) is 0 Å². The first-order valence-corrected chi connectivity index (χ1v) is 11.6. The summed E-state index contributed by atoms with van der Waals surface area (Å²) >= 11 is 0. The second-order valence-corrected chi connectivity index (χ2v) is 9.07. The Morgan fingerprint density at radius 1 is 1.03 bits per heavy atom. The molecule has 0 spiro atoms. The highest BCUT2D eigenvalue weighted by Crippen LogP contribution is 2.46. The molecule has 3 rings (SSSR count). The van der Waals surface area contributed by atoms with E-state index in [1.54, 1.807) is 19.9 Å². The van der Waals surface area contributed by atoms with Crippen molar-refractivity contribution in [2.24, 2.45) is 5.92 Å². The van der Waals surface area contributed by atoms with E-state index in [0.29, 0.717) is 22.5 Å². The quantitative estimate of drug-likeness (QED) is 0.242. The number of esters is 1. The summed E-state index contributed by atoms with van der Waals surface area (Å²) in [6.07, 6.45) is 15.0. The molecular formula is C26H34O5. The van der Waals surface area contributed by atoms with Gasteiger partial charge in [-0.05, 0) is 38.0 Å². The Bertz CT molecular complexity index is 885. The molecule has 0 amide bonds. The largest absolute Gasteiger partial charge is 0.469 e. The molecule has 5 heteroatoms. The van der Waals surface area contributed by atoms with Gasteiger partial charge in [0.25, 0.3) is 0 Å². The van der Waals surface area contributed by atoms with E-state index in [-0.39, 0.29) is 23.1 Å². The van der Waals surface area contributed by atoms with Crippen molar-refractivity contribution < 1.29 is 23.9 Å². The molecule has 0 radical (unpaired) electrons. The van der Waals surface area contributed by atoms with Crippen molar-refractivity contribution in [2.45, 2.75) is 91.1 Å². The number of fused-ring (bicyclic) bond motifs is 3. The van der Waals surface area contributed by atoms with E-state index in [4.69, 9.17) is 9.47 Å². The molecular weight excluding hydrogens is 392 g/mol. The van der Waals surface area contributed by atoms with Crippen molar-refractivity contribution in [3.05, 3.63) is 46.5 Å². The summed E-state index contributed by atoms with van der Waals surface area (Å²) in [5.41, 5.74) is 0.146. The topological polar surface area (TPSA) is 69.7 Å². The molecule has 3 aliphatic rings. The van der Waals surface area contributed by atoms with Gasteiger partial charge in [-0.3, -0.25) is 9.59 Å². The van der Waals surface area contributed by atoms with Gasteiger partial charge in [-0.25, -0.2) is 4.79 Å². The Labute approximate surface area is 185 Å². The maximum Gasteiger partial charge on any atom is 0.343 e. The van der Waals surface area contributed by atoms with Crippen LogP contribution in [0, 0.1) is 5.92 Å². The number of hydrogen-bond donors (Lipinski definition) is 0. The van der Waals surface area contributed by atoms with Crippen LogP contribution in [-0.2, 0) is 23.9 Å². The highest BCUT2D eigenvalue weighted by atomic mass is 16.6. The summed E-state index contributed by atoms with van der Waals surface area (Å²) in [6.45, 7) is 7.42. The summed E-state index contributed by atoms with van der Waals surface area (Å²) in [5, 5.41) is 0. The zero-order chi connectivity index (χ0) is 22.6. The third kappa shape index (κ3) is 4.76. The third-order valence-corrected chi connectivity index (χ3v) is 6.47. The Morgan fingerprint density at radius 2 is 1.68 bits per heavy atom. The van der Waals surface area contributed by atoms with Crippen LogP contribution in [0.4, 0.5) is 0 Å². The van der Waals surface area contributed by atoms with E-state index in [9.17, 15) is 14.4 Å². The molecule has 0 aromatic rings. The smallest absolute Gasteiger partial charge is 0.343 e. The van der Waals surface area contributed by atoms with Crippen LogP contribution in [-0.4, -0.2) is 23.1 Å². The molecule has 0 aromatic carbocycles. The fourth-order valence-electron chi connectivity index (χ4n) is 4.53. The van der Waals surface area contributed by atoms with Crippen molar-refractivity contribution in [3.8, 4) is 0 Å². The fraction of sp³-hybridized carbons (Fsp3) is 0.577. The maximum absolute atomic E-state index is 13.3. The van der Waals surface area contributed by atoms with Crippen molar-refractivity contribution >= 4 is 17.5 Å². The minimum absolute atomic E-state index is 0.0105. The molecule has 0 aromatic heterocycles. The van der Waals surface area contributed by atoms with Crippen LogP contribution in [0.2, 0.25) is 0 Å². The first kappa shape index (κ1) is 23.2. The molecule has 168 valence electrons. The van der Waals surface area contributed by atoms with Gasteiger partial charge < -0.3 is 9.47 Å². The number of hydrogen-bond acceptors (Lipinski definition) is 5. The van der Waals surface area contributed by atoms with Crippen LogP contribution in [0.15, 0.2) is 46.5 Å². The normalized spacial score (nSPS) is 23.3. The van der Waals surface area contributed by atoms with Gasteiger partial charge in [-0.15, -0.1) is 0 Å². The van der Waals surface area contributed by atoms with Crippen LogP contribution in [0.5, 0.6) is 0 Å². The average Bonchev–Trinajstić information content (AvgIpc) is 3.01. The van der Waals surface area contributed by atoms with Gasteiger partial charge >= 0.3 is 5.97 Å². The molecule has 2 aliphatic heterocycles. The molecule has 1 aliphatic carbocycles. The molecule has 31 heavy (non-hydrogen) atoms. The molecule has 0 saturated heterocycles. The van der Waals surface area contributed by atoms with E-state index in [0.717, 1.165) is 19.3 Å². The summed E-state index contributed by atoms with van der Waals surface area (Å²) in [4.78, 5) is 38.8. The first-order chi connectivity index (χ1) is 14.8. The van der Waals surface area contributed by atoms with Gasteiger partial charge in [0.15, 0.2) is 11.4 Å². The molecule has 0 bridgehead atoms. The molecule has 0 fully saturated rings. The van der Waals surface area contributed by atoms with Gasteiger partial charge in [-0.1, -0.05) is 65.2 Å². The highest BCUT2D eigenvalue weighted by Gasteiger charge is 2.54. The first-order valence-electron chi connectivity index (χ1n) is 11.6. The fourth-order valence-corrected chi connectivity index (χ4v) is 4.53. The number of Topliss-reactive ketones (excluding diaryl/α,β-unsaturated/α-hetero) is 1.